The lowest BCUT2D eigenvalue weighted by molar-refractivity contribution is -0.121. The molecule has 3 heteroatoms. The zero-order chi connectivity index (χ0) is 12.7. The fourth-order valence-electron chi connectivity index (χ4n) is 1.84. The number of carbonyl (C=O) groups excluding carboxylic acids is 1. The van der Waals surface area contributed by atoms with Crippen LogP contribution in [0.25, 0.3) is 0 Å². The highest BCUT2D eigenvalue weighted by Crippen LogP contribution is 2.16. The summed E-state index contributed by atoms with van der Waals surface area (Å²) in [4.78, 5) is 11.7. The first-order valence-electron chi connectivity index (χ1n) is 6.06. The number of benzene rings is 1. The van der Waals surface area contributed by atoms with Crippen molar-refractivity contribution in [1.82, 2.24) is 5.32 Å². The largest absolute Gasteiger partial charge is 0.350 e. The summed E-state index contributed by atoms with van der Waals surface area (Å²) in [5.74, 6) is 0.140. The van der Waals surface area contributed by atoms with Crippen molar-refractivity contribution in [3.63, 3.8) is 0 Å². The van der Waals surface area contributed by atoms with Crippen LogP contribution < -0.4 is 5.32 Å². The minimum absolute atomic E-state index is 0.0904. The van der Waals surface area contributed by atoms with E-state index in [-0.39, 0.29) is 11.9 Å². The van der Waals surface area contributed by atoms with Crippen molar-refractivity contribution < 1.29 is 4.79 Å². The monoisotopic (exact) mass is 297 g/mol. The number of carbonyl (C=O) groups is 1. The Morgan fingerprint density at radius 2 is 2.06 bits per heavy atom. The van der Waals surface area contributed by atoms with Crippen molar-refractivity contribution in [2.75, 3.05) is 5.33 Å². The van der Waals surface area contributed by atoms with Crippen LogP contribution in [0.1, 0.15) is 43.4 Å². The Labute approximate surface area is 112 Å². The number of nitrogens with one attached hydrogen (secondary N) is 1. The number of hydrogen-bond donors (Lipinski definition) is 1. The smallest absolute Gasteiger partial charge is 0.220 e. The van der Waals surface area contributed by atoms with E-state index >= 15 is 0 Å². The van der Waals surface area contributed by atoms with Crippen LogP contribution in [0.4, 0.5) is 0 Å². The molecule has 0 fully saturated rings. The third-order valence-electron chi connectivity index (χ3n) is 2.82. The molecule has 0 heterocycles. The van der Waals surface area contributed by atoms with Crippen LogP contribution in [0.5, 0.6) is 0 Å². The SMILES string of the molecule is Cc1ccccc1[C@@H](C)NC(=O)CCCCBr. The van der Waals surface area contributed by atoms with Crippen molar-refractivity contribution in [1.29, 1.82) is 0 Å². The molecular weight excluding hydrogens is 278 g/mol. The molecule has 2 nitrogen and oxygen atoms in total. The third kappa shape index (κ3) is 4.90. The molecule has 0 saturated heterocycles. The van der Waals surface area contributed by atoms with Crippen LogP contribution in [-0.4, -0.2) is 11.2 Å². The van der Waals surface area contributed by atoms with Crippen molar-refractivity contribution in [2.24, 2.45) is 0 Å². The van der Waals surface area contributed by atoms with Crippen LogP contribution >= 0.6 is 15.9 Å². The summed E-state index contributed by atoms with van der Waals surface area (Å²) in [6.45, 7) is 4.10. The molecule has 0 aromatic heterocycles. The van der Waals surface area contributed by atoms with E-state index in [1.807, 2.05) is 19.1 Å². The zero-order valence-corrected chi connectivity index (χ0v) is 12.1. The van der Waals surface area contributed by atoms with Crippen molar-refractivity contribution in [3.8, 4) is 0 Å². The van der Waals surface area contributed by atoms with Gasteiger partial charge in [0.05, 0.1) is 6.04 Å². The van der Waals surface area contributed by atoms with Gasteiger partial charge in [0.1, 0.15) is 0 Å². The zero-order valence-electron chi connectivity index (χ0n) is 10.5. The second kappa shape index (κ2) is 7.49. The number of hydrogen-bond acceptors (Lipinski definition) is 1. The summed E-state index contributed by atoms with van der Waals surface area (Å²) < 4.78 is 0. The molecule has 0 aliphatic heterocycles. The summed E-state index contributed by atoms with van der Waals surface area (Å²) in [5, 5.41) is 4.01. The minimum Gasteiger partial charge on any atom is -0.350 e. The molecule has 1 atom stereocenters. The number of aryl methyl sites for hydroxylation is 1. The van der Waals surface area contributed by atoms with Crippen LogP contribution in [0.3, 0.4) is 0 Å². The van der Waals surface area contributed by atoms with Gasteiger partial charge in [0, 0.05) is 11.8 Å². The topological polar surface area (TPSA) is 29.1 Å². The molecule has 0 aliphatic rings. The van der Waals surface area contributed by atoms with E-state index in [0.29, 0.717) is 6.42 Å². The molecule has 0 unspecified atom stereocenters. The minimum atomic E-state index is 0.0904. The predicted molar refractivity (Wildman–Crippen MR) is 75.4 cm³/mol. The van der Waals surface area contributed by atoms with Crippen LogP contribution in [-0.2, 0) is 4.79 Å². The predicted octanol–water partition coefficient (Wildman–Crippen LogP) is 3.74. The second-order valence-electron chi connectivity index (χ2n) is 4.29. The average molecular weight is 298 g/mol. The number of amides is 1. The third-order valence-corrected chi connectivity index (χ3v) is 3.38. The van der Waals surface area contributed by atoms with Crippen LogP contribution in [0, 0.1) is 6.92 Å². The molecule has 1 aromatic carbocycles. The van der Waals surface area contributed by atoms with E-state index in [9.17, 15) is 4.79 Å². The summed E-state index contributed by atoms with van der Waals surface area (Å²) in [6.07, 6.45) is 2.60. The highest BCUT2D eigenvalue weighted by atomic mass is 79.9. The maximum atomic E-state index is 11.7. The lowest BCUT2D eigenvalue weighted by Crippen LogP contribution is -2.26. The molecule has 0 saturated carbocycles. The summed E-state index contributed by atoms with van der Waals surface area (Å²) in [6, 6.07) is 8.26. The fraction of sp³-hybridized carbons (Fsp3) is 0.500. The number of alkyl halides is 1. The number of rotatable bonds is 6. The normalized spacial score (nSPS) is 12.2. The van der Waals surface area contributed by atoms with Gasteiger partial charge in [-0.05, 0) is 37.8 Å². The van der Waals surface area contributed by atoms with Gasteiger partial charge in [0.15, 0.2) is 0 Å². The molecule has 1 amide bonds. The van der Waals surface area contributed by atoms with Gasteiger partial charge in [-0.2, -0.15) is 0 Å². The average Bonchev–Trinajstić information content (AvgIpc) is 2.29. The number of unbranched alkanes of at least 4 members (excludes halogenated alkanes) is 1. The van der Waals surface area contributed by atoms with E-state index < -0.39 is 0 Å². The Kier molecular flexibility index (Phi) is 6.27. The van der Waals surface area contributed by atoms with Crippen molar-refractivity contribution in [3.05, 3.63) is 35.4 Å². The van der Waals surface area contributed by atoms with Gasteiger partial charge in [-0.3, -0.25) is 4.79 Å². The first-order chi connectivity index (χ1) is 8.15. The fourth-order valence-corrected chi connectivity index (χ4v) is 2.24. The molecule has 0 bridgehead atoms. The van der Waals surface area contributed by atoms with E-state index in [4.69, 9.17) is 0 Å². The van der Waals surface area contributed by atoms with E-state index in [1.54, 1.807) is 0 Å². The van der Waals surface area contributed by atoms with Gasteiger partial charge in [-0.15, -0.1) is 0 Å². The lowest BCUT2D eigenvalue weighted by atomic mass is 10.0. The van der Waals surface area contributed by atoms with E-state index in [1.165, 1.54) is 11.1 Å². The van der Waals surface area contributed by atoms with Crippen LogP contribution in [0.15, 0.2) is 24.3 Å². The molecule has 1 N–H and O–H groups in total. The van der Waals surface area contributed by atoms with Gasteiger partial charge in [-0.1, -0.05) is 40.2 Å². The summed E-state index contributed by atoms with van der Waals surface area (Å²) >= 11 is 3.36. The Morgan fingerprint density at radius 3 is 2.71 bits per heavy atom. The quantitative estimate of drug-likeness (QED) is 0.629. The standard InChI is InChI=1S/C14H20BrNO/c1-11-7-3-4-8-13(11)12(2)16-14(17)9-5-6-10-15/h3-4,7-8,12H,5-6,9-10H2,1-2H3,(H,16,17)/t12-/m1/s1. The Morgan fingerprint density at radius 1 is 1.35 bits per heavy atom. The highest BCUT2D eigenvalue weighted by Gasteiger charge is 2.10. The van der Waals surface area contributed by atoms with Crippen molar-refractivity contribution in [2.45, 2.75) is 39.2 Å². The molecule has 0 aliphatic carbocycles. The van der Waals surface area contributed by atoms with Gasteiger partial charge < -0.3 is 5.32 Å². The Bertz CT molecular complexity index is 365. The molecule has 1 rings (SSSR count). The lowest BCUT2D eigenvalue weighted by Gasteiger charge is -2.16. The first-order valence-corrected chi connectivity index (χ1v) is 7.18. The maximum absolute atomic E-state index is 11.7. The molecule has 0 radical (unpaired) electrons. The summed E-state index contributed by atoms with van der Waals surface area (Å²) in [5.41, 5.74) is 2.42. The van der Waals surface area contributed by atoms with E-state index in [0.717, 1.165) is 18.2 Å². The second-order valence-corrected chi connectivity index (χ2v) is 5.08. The van der Waals surface area contributed by atoms with Gasteiger partial charge >= 0.3 is 0 Å². The Hall–Kier alpha value is -0.830. The highest BCUT2D eigenvalue weighted by molar-refractivity contribution is 9.09. The first kappa shape index (κ1) is 14.2. The van der Waals surface area contributed by atoms with Gasteiger partial charge in [0.2, 0.25) is 5.91 Å². The van der Waals surface area contributed by atoms with Crippen molar-refractivity contribution >= 4 is 21.8 Å². The maximum Gasteiger partial charge on any atom is 0.220 e. The molecule has 94 valence electrons. The number of halogens is 1. The molecular formula is C14H20BrNO. The Balaban J connectivity index is 2.46. The van der Waals surface area contributed by atoms with Gasteiger partial charge in [0.25, 0.3) is 0 Å². The molecule has 17 heavy (non-hydrogen) atoms. The van der Waals surface area contributed by atoms with Gasteiger partial charge in [-0.25, -0.2) is 0 Å². The van der Waals surface area contributed by atoms with E-state index in [2.05, 4.69) is 40.3 Å². The van der Waals surface area contributed by atoms with Crippen LogP contribution in [0.2, 0.25) is 0 Å². The molecule has 0 spiro atoms. The summed E-state index contributed by atoms with van der Waals surface area (Å²) in [7, 11) is 0. The molecule has 1 aromatic rings.